The maximum atomic E-state index is 9.90. The van der Waals surface area contributed by atoms with Crippen molar-refractivity contribution < 1.29 is 5.11 Å². The molecule has 0 aliphatic heterocycles. The second kappa shape index (κ2) is 4.81. The van der Waals surface area contributed by atoms with E-state index >= 15 is 0 Å². The zero-order chi connectivity index (χ0) is 14.1. The third-order valence-electron chi connectivity index (χ3n) is 3.42. The second-order valence-corrected chi connectivity index (χ2v) is 4.84. The van der Waals surface area contributed by atoms with Crippen LogP contribution in [0.3, 0.4) is 0 Å². The first-order chi connectivity index (χ1) is 9.65. The Morgan fingerprint density at radius 2 is 1.75 bits per heavy atom. The standard InChI is InChI=1S/C16H15N3O/c1-10-7-8-12(9-11(10)2)18-19-15-13-5-3-4-6-14(13)17-16(15)20/h3-9,17,20H,1-2H3. The molecule has 0 atom stereocenters. The van der Waals surface area contributed by atoms with Crippen LogP contribution in [0.4, 0.5) is 11.4 Å². The van der Waals surface area contributed by atoms with Crippen molar-refractivity contribution in [2.45, 2.75) is 13.8 Å². The molecule has 0 bridgehead atoms. The normalized spacial score (nSPS) is 11.5. The molecular weight excluding hydrogens is 250 g/mol. The lowest BCUT2D eigenvalue weighted by atomic mass is 10.1. The molecule has 0 spiro atoms. The number of azo groups is 1. The highest BCUT2D eigenvalue weighted by molar-refractivity contribution is 5.94. The lowest BCUT2D eigenvalue weighted by Gasteiger charge is -1.99. The van der Waals surface area contributed by atoms with E-state index in [1.165, 1.54) is 11.1 Å². The lowest BCUT2D eigenvalue weighted by molar-refractivity contribution is 0.459. The highest BCUT2D eigenvalue weighted by Crippen LogP contribution is 2.36. The molecule has 0 aliphatic rings. The Bertz CT molecular complexity index is 803. The van der Waals surface area contributed by atoms with E-state index in [1.807, 2.05) is 49.4 Å². The SMILES string of the molecule is Cc1ccc(N=Nc2c(O)[nH]c3ccccc23)cc1C. The molecule has 3 rings (SSSR count). The molecule has 0 saturated heterocycles. The van der Waals surface area contributed by atoms with E-state index in [-0.39, 0.29) is 5.88 Å². The molecule has 2 aromatic carbocycles. The maximum Gasteiger partial charge on any atom is 0.218 e. The number of benzene rings is 2. The van der Waals surface area contributed by atoms with E-state index in [0.29, 0.717) is 5.69 Å². The van der Waals surface area contributed by atoms with E-state index < -0.39 is 0 Å². The first kappa shape index (κ1) is 12.4. The number of para-hydroxylation sites is 1. The van der Waals surface area contributed by atoms with Gasteiger partial charge >= 0.3 is 0 Å². The molecule has 0 amide bonds. The zero-order valence-corrected chi connectivity index (χ0v) is 11.4. The van der Waals surface area contributed by atoms with Gasteiger partial charge in [-0.1, -0.05) is 24.3 Å². The van der Waals surface area contributed by atoms with Crippen molar-refractivity contribution in [1.82, 2.24) is 4.98 Å². The first-order valence-electron chi connectivity index (χ1n) is 6.44. The van der Waals surface area contributed by atoms with Crippen molar-refractivity contribution in [3.8, 4) is 5.88 Å². The molecule has 4 heteroatoms. The fraction of sp³-hybridized carbons (Fsp3) is 0.125. The fourth-order valence-corrected chi connectivity index (χ4v) is 2.11. The molecule has 1 aromatic heterocycles. The van der Waals surface area contributed by atoms with Gasteiger partial charge in [-0.2, -0.15) is 5.11 Å². The summed E-state index contributed by atoms with van der Waals surface area (Å²) in [6.45, 7) is 4.10. The van der Waals surface area contributed by atoms with Crippen molar-refractivity contribution in [1.29, 1.82) is 0 Å². The van der Waals surface area contributed by atoms with Crippen molar-refractivity contribution in [2.24, 2.45) is 10.2 Å². The minimum absolute atomic E-state index is 0.0405. The van der Waals surface area contributed by atoms with Crippen LogP contribution in [0.5, 0.6) is 5.88 Å². The molecule has 0 aliphatic carbocycles. The summed E-state index contributed by atoms with van der Waals surface area (Å²) in [6, 6.07) is 13.5. The van der Waals surface area contributed by atoms with Gasteiger partial charge in [-0.3, -0.25) is 0 Å². The molecule has 3 aromatic rings. The summed E-state index contributed by atoms with van der Waals surface area (Å²) in [5.74, 6) is 0.0405. The molecule has 20 heavy (non-hydrogen) atoms. The average molecular weight is 265 g/mol. The minimum Gasteiger partial charge on any atom is -0.493 e. The van der Waals surface area contributed by atoms with Crippen molar-refractivity contribution in [3.05, 3.63) is 53.6 Å². The van der Waals surface area contributed by atoms with E-state index in [2.05, 4.69) is 22.1 Å². The zero-order valence-electron chi connectivity index (χ0n) is 11.4. The molecule has 0 unspecified atom stereocenters. The first-order valence-corrected chi connectivity index (χ1v) is 6.44. The van der Waals surface area contributed by atoms with Gasteiger partial charge in [-0.15, -0.1) is 5.11 Å². The van der Waals surface area contributed by atoms with Crippen LogP contribution in [0.15, 0.2) is 52.7 Å². The Balaban J connectivity index is 2.02. The lowest BCUT2D eigenvalue weighted by Crippen LogP contribution is -1.77. The predicted octanol–water partition coefficient (Wildman–Crippen LogP) is 4.91. The summed E-state index contributed by atoms with van der Waals surface area (Å²) in [7, 11) is 0. The van der Waals surface area contributed by atoms with Crippen molar-refractivity contribution >= 4 is 22.3 Å². The number of nitrogens with zero attached hydrogens (tertiary/aromatic N) is 2. The Morgan fingerprint density at radius 3 is 2.55 bits per heavy atom. The predicted molar refractivity (Wildman–Crippen MR) is 80.1 cm³/mol. The summed E-state index contributed by atoms with van der Waals surface area (Å²) in [4.78, 5) is 2.89. The van der Waals surface area contributed by atoms with Gasteiger partial charge < -0.3 is 10.1 Å². The van der Waals surface area contributed by atoms with Crippen LogP contribution in [-0.2, 0) is 0 Å². The third-order valence-corrected chi connectivity index (χ3v) is 3.42. The van der Waals surface area contributed by atoms with Gasteiger partial charge in [0.15, 0.2) is 5.69 Å². The molecular formula is C16H15N3O. The number of hydrogen-bond donors (Lipinski definition) is 2. The summed E-state index contributed by atoms with van der Waals surface area (Å²) in [5, 5.41) is 19.1. The quantitative estimate of drug-likeness (QED) is 0.636. The fourth-order valence-electron chi connectivity index (χ4n) is 2.11. The highest BCUT2D eigenvalue weighted by Gasteiger charge is 2.09. The average Bonchev–Trinajstić information content (AvgIpc) is 2.76. The van der Waals surface area contributed by atoms with E-state index in [4.69, 9.17) is 0 Å². The van der Waals surface area contributed by atoms with Gasteiger partial charge in [-0.25, -0.2) is 0 Å². The number of H-pyrrole nitrogens is 1. The van der Waals surface area contributed by atoms with E-state index in [1.54, 1.807) is 0 Å². The molecule has 100 valence electrons. The highest BCUT2D eigenvalue weighted by atomic mass is 16.3. The molecule has 4 nitrogen and oxygen atoms in total. The van der Waals surface area contributed by atoms with Gasteiger partial charge in [0.2, 0.25) is 5.88 Å². The van der Waals surface area contributed by atoms with Gasteiger partial charge in [0.05, 0.1) is 11.2 Å². The monoisotopic (exact) mass is 265 g/mol. The smallest absolute Gasteiger partial charge is 0.218 e. The van der Waals surface area contributed by atoms with Gasteiger partial charge in [-0.05, 0) is 43.2 Å². The van der Waals surface area contributed by atoms with Crippen LogP contribution >= 0.6 is 0 Å². The Labute approximate surface area is 116 Å². The van der Waals surface area contributed by atoms with Crippen molar-refractivity contribution in [2.75, 3.05) is 0 Å². The van der Waals surface area contributed by atoms with E-state index in [0.717, 1.165) is 16.6 Å². The van der Waals surface area contributed by atoms with Gasteiger partial charge in [0.1, 0.15) is 0 Å². The summed E-state index contributed by atoms with van der Waals surface area (Å²) >= 11 is 0. The van der Waals surface area contributed by atoms with Crippen molar-refractivity contribution in [3.63, 3.8) is 0 Å². The molecule has 1 heterocycles. The minimum atomic E-state index is 0.0405. The second-order valence-electron chi connectivity index (χ2n) is 4.84. The summed E-state index contributed by atoms with van der Waals surface area (Å²) in [5.41, 5.74) is 4.49. The van der Waals surface area contributed by atoms with Crippen LogP contribution in [0.25, 0.3) is 10.9 Å². The Kier molecular flexibility index (Phi) is 2.99. The molecule has 0 radical (unpaired) electrons. The number of aryl methyl sites for hydroxylation is 2. The van der Waals surface area contributed by atoms with Crippen LogP contribution in [0.1, 0.15) is 11.1 Å². The number of nitrogens with one attached hydrogen (secondary N) is 1. The molecule has 2 N–H and O–H groups in total. The number of rotatable bonds is 2. The number of hydrogen-bond acceptors (Lipinski definition) is 3. The van der Waals surface area contributed by atoms with Gasteiger partial charge in [0.25, 0.3) is 0 Å². The third kappa shape index (κ3) is 2.16. The topological polar surface area (TPSA) is 60.7 Å². The van der Waals surface area contributed by atoms with Gasteiger partial charge in [0, 0.05) is 5.39 Å². The number of aromatic hydroxyl groups is 1. The Hall–Kier alpha value is -2.62. The van der Waals surface area contributed by atoms with Crippen LogP contribution in [-0.4, -0.2) is 10.1 Å². The molecule has 0 fully saturated rings. The Morgan fingerprint density at radius 1 is 0.950 bits per heavy atom. The molecule has 0 saturated carbocycles. The number of fused-ring (bicyclic) bond motifs is 1. The summed E-state index contributed by atoms with van der Waals surface area (Å²) < 4.78 is 0. The van der Waals surface area contributed by atoms with Crippen LogP contribution in [0, 0.1) is 13.8 Å². The van der Waals surface area contributed by atoms with Crippen LogP contribution < -0.4 is 0 Å². The summed E-state index contributed by atoms with van der Waals surface area (Å²) in [6.07, 6.45) is 0. The van der Waals surface area contributed by atoms with Crippen LogP contribution in [0.2, 0.25) is 0 Å². The largest absolute Gasteiger partial charge is 0.493 e. The van der Waals surface area contributed by atoms with E-state index in [9.17, 15) is 5.11 Å². The number of aromatic amines is 1. The maximum absolute atomic E-state index is 9.90. The number of aromatic nitrogens is 1.